The van der Waals surface area contributed by atoms with Gasteiger partial charge in [0.15, 0.2) is 5.69 Å². The zero-order valence-corrected chi connectivity index (χ0v) is 19.5. The number of nitrogens with zero attached hydrogens (tertiary/aromatic N) is 3. The molecule has 1 atom stereocenters. The Labute approximate surface area is 199 Å². The number of likely N-dealkylation sites (N-methyl/N-ethyl adjacent to an activating group) is 1. The second-order valence-electron chi connectivity index (χ2n) is 8.72. The standard InChI is InChI=1S/C26H29N5O3/c1-26(25(34)28-17-20-12-7-4-8-13-20)18-31-22(24(33)30(26)2)16-21(29-31)23(32)27-15-9-14-19-10-5-3-6-11-19/h3-8,10-13,16H,9,14-15,17-18H2,1-2H3,(H,27,32)(H,28,34)/t26-/m0/s1. The summed E-state index contributed by atoms with van der Waals surface area (Å²) >= 11 is 0. The van der Waals surface area contributed by atoms with Gasteiger partial charge in [-0.25, -0.2) is 0 Å². The van der Waals surface area contributed by atoms with Crippen LogP contribution in [-0.2, 0) is 24.3 Å². The van der Waals surface area contributed by atoms with Gasteiger partial charge in [0, 0.05) is 26.2 Å². The van der Waals surface area contributed by atoms with Crippen molar-refractivity contribution in [3.8, 4) is 0 Å². The highest BCUT2D eigenvalue weighted by Gasteiger charge is 2.46. The highest BCUT2D eigenvalue weighted by Crippen LogP contribution is 2.26. The average molecular weight is 460 g/mol. The molecule has 2 heterocycles. The van der Waals surface area contributed by atoms with Gasteiger partial charge in [0.05, 0.1) is 6.54 Å². The summed E-state index contributed by atoms with van der Waals surface area (Å²) in [6, 6.07) is 21.1. The van der Waals surface area contributed by atoms with Crippen LogP contribution in [0.25, 0.3) is 0 Å². The first kappa shape index (κ1) is 23.2. The van der Waals surface area contributed by atoms with E-state index in [4.69, 9.17) is 0 Å². The third-order valence-corrected chi connectivity index (χ3v) is 6.29. The van der Waals surface area contributed by atoms with Crippen molar-refractivity contribution in [1.82, 2.24) is 25.3 Å². The van der Waals surface area contributed by atoms with Gasteiger partial charge in [-0.15, -0.1) is 0 Å². The number of rotatable bonds is 8. The summed E-state index contributed by atoms with van der Waals surface area (Å²) in [5.41, 5.74) is 1.52. The minimum Gasteiger partial charge on any atom is -0.351 e. The summed E-state index contributed by atoms with van der Waals surface area (Å²) in [6.07, 6.45) is 1.66. The predicted molar refractivity (Wildman–Crippen MR) is 128 cm³/mol. The fourth-order valence-corrected chi connectivity index (χ4v) is 4.04. The first-order valence-electron chi connectivity index (χ1n) is 11.4. The molecule has 0 bridgehead atoms. The molecular weight excluding hydrogens is 430 g/mol. The van der Waals surface area contributed by atoms with E-state index in [1.54, 1.807) is 14.0 Å². The van der Waals surface area contributed by atoms with E-state index >= 15 is 0 Å². The van der Waals surface area contributed by atoms with Gasteiger partial charge in [-0.2, -0.15) is 5.10 Å². The Bertz CT molecular complexity index is 1180. The number of hydrogen-bond acceptors (Lipinski definition) is 4. The van der Waals surface area contributed by atoms with E-state index in [0.717, 1.165) is 18.4 Å². The van der Waals surface area contributed by atoms with Crippen LogP contribution in [0, 0.1) is 0 Å². The van der Waals surface area contributed by atoms with Crippen molar-refractivity contribution >= 4 is 17.7 Å². The number of fused-ring (bicyclic) bond motifs is 1. The highest BCUT2D eigenvalue weighted by molar-refractivity contribution is 6.01. The SMILES string of the molecule is CN1C(=O)c2cc(C(=O)NCCCc3ccccc3)nn2C[C@@]1(C)C(=O)NCc1ccccc1. The summed E-state index contributed by atoms with van der Waals surface area (Å²) in [5, 5.41) is 10.1. The van der Waals surface area contributed by atoms with Gasteiger partial charge >= 0.3 is 0 Å². The second-order valence-corrected chi connectivity index (χ2v) is 8.72. The smallest absolute Gasteiger partial charge is 0.272 e. The van der Waals surface area contributed by atoms with Crippen LogP contribution in [-0.4, -0.2) is 51.5 Å². The van der Waals surface area contributed by atoms with Crippen LogP contribution in [0.15, 0.2) is 66.7 Å². The van der Waals surface area contributed by atoms with Crippen molar-refractivity contribution in [2.75, 3.05) is 13.6 Å². The summed E-state index contributed by atoms with van der Waals surface area (Å²) < 4.78 is 1.46. The molecule has 3 amide bonds. The molecule has 0 aliphatic carbocycles. The van der Waals surface area contributed by atoms with Crippen LogP contribution in [0.2, 0.25) is 0 Å². The molecule has 8 heteroatoms. The van der Waals surface area contributed by atoms with Crippen molar-refractivity contribution < 1.29 is 14.4 Å². The van der Waals surface area contributed by atoms with Gasteiger partial charge in [0.1, 0.15) is 11.2 Å². The third kappa shape index (κ3) is 4.85. The molecule has 2 N–H and O–H groups in total. The van der Waals surface area contributed by atoms with E-state index in [1.165, 1.54) is 21.2 Å². The van der Waals surface area contributed by atoms with Crippen molar-refractivity contribution in [2.24, 2.45) is 0 Å². The maximum Gasteiger partial charge on any atom is 0.272 e. The average Bonchev–Trinajstić information content (AvgIpc) is 3.29. The van der Waals surface area contributed by atoms with E-state index < -0.39 is 5.54 Å². The maximum absolute atomic E-state index is 13.1. The first-order valence-corrected chi connectivity index (χ1v) is 11.4. The molecule has 0 spiro atoms. The lowest BCUT2D eigenvalue weighted by Gasteiger charge is -2.40. The number of aromatic nitrogens is 2. The fraction of sp³-hybridized carbons (Fsp3) is 0.308. The Hall–Kier alpha value is -3.94. The topological polar surface area (TPSA) is 96.3 Å². The van der Waals surface area contributed by atoms with Crippen LogP contribution in [0.1, 0.15) is 45.4 Å². The molecule has 1 aliphatic heterocycles. The summed E-state index contributed by atoms with van der Waals surface area (Å²) in [7, 11) is 1.60. The highest BCUT2D eigenvalue weighted by atomic mass is 16.2. The predicted octanol–water partition coefficient (Wildman–Crippen LogP) is 2.41. The number of hydrogen-bond donors (Lipinski definition) is 2. The Kier molecular flexibility index (Phi) is 6.77. The van der Waals surface area contributed by atoms with Gasteiger partial charge in [0.25, 0.3) is 11.8 Å². The summed E-state index contributed by atoms with van der Waals surface area (Å²) in [4.78, 5) is 40.1. The van der Waals surface area contributed by atoms with Crippen LogP contribution in [0.5, 0.6) is 0 Å². The van der Waals surface area contributed by atoms with Crippen LogP contribution in [0.3, 0.4) is 0 Å². The molecule has 1 aliphatic rings. The Morgan fingerprint density at radius 3 is 2.32 bits per heavy atom. The molecule has 0 radical (unpaired) electrons. The van der Waals surface area contributed by atoms with Crippen molar-refractivity contribution in [3.63, 3.8) is 0 Å². The number of aryl methyl sites for hydroxylation is 1. The number of benzene rings is 2. The van der Waals surface area contributed by atoms with Gasteiger partial charge in [-0.1, -0.05) is 60.7 Å². The molecule has 0 unspecified atom stereocenters. The van der Waals surface area contributed by atoms with Gasteiger partial charge < -0.3 is 15.5 Å². The Morgan fingerprint density at radius 1 is 1.00 bits per heavy atom. The number of carbonyl (C=O) groups is 3. The number of amides is 3. The number of carbonyl (C=O) groups excluding carboxylic acids is 3. The fourth-order valence-electron chi connectivity index (χ4n) is 4.04. The Morgan fingerprint density at radius 2 is 1.65 bits per heavy atom. The molecule has 34 heavy (non-hydrogen) atoms. The van der Waals surface area contributed by atoms with Crippen molar-refractivity contribution in [1.29, 1.82) is 0 Å². The Balaban J connectivity index is 1.39. The van der Waals surface area contributed by atoms with Gasteiger partial charge in [-0.3, -0.25) is 19.1 Å². The molecule has 2 aromatic carbocycles. The molecule has 0 saturated carbocycles. The van der Waals surface area contributed by atoms with Gasteiger partial charge in [-0.05, 0) is 30.9 Å². The zero-order chi connectivity index (χ0) is 24.1. The monoisotopic (exact) mass is 459 g/mol. The quantitative estimate of drug-likeness (QED) is 0.506. The first-order chi connectivity index (χ1) is 16.4. The molecule has 4 rings (SSSR count). The third-order valence-electron chi connectivity index (χ3n) is 6.29. The largest absolute Gasteiger partial charge is 0.351 e. The minimum atomic E-state index is -1.13. The molecule has 0 saturated heterocycles. The molecule has 176 valence electrons. The molecule has 0 fully saturated rings. The van der Waals surface area contributed by atoms with E-state index in [2.05, 4.69) is 27.9 Å². The van der Waals surface area contributed by atoms with Crippen LogP contribution < -0.4 is 10.6 Å². The lowest BCUT2D eigenvalue weighted by molar-refractivity contribution is -0.132. The minimum absolute atomic E-state index is 0.159. The molecule has 3 aromatic rings. The van der Waals surface area contributed by atoms with E-state index in [9.17, 15) is 14.4 Å². The number of nitrogens with one attached hydrogen (secondary N) is 2. The molecule has 1 aromatic heterocycles. The maximum atomic E-state index is 13.1. The van der Waals surface area contributed by atoms with Crippen molar-refractivity contribution in [2.45, 2.75) is 38.4 Å². The summed E-state index contributed by atoms with van der Waals surface area (Å²) in [6.45, 7) is 2.73. The molecular formula is C26H29N5O3. The van der Waals surface area contributed by atoms with E-state index in [-0.39, 0.29) is 30.0 Å². The van der Waals surface area contributed by atoms with Crippen molar-refractivity contribution in [3.05, 3.63) is 89.2 Å². The lowest BCUT2D eigenvalue weighted by atomic mass is 9.96. The lowest BCUT2D eigenvalue weighted by Crippen LogP contribution is -2.62. The molecule has 8 nitrogen and oxygen atoms in total. The second kappa shape index (κ2) is 9.91. The zero-order valence-electron chi connectivity index (χ0n) is 19.5. The normalized spacial score (nSPS) is 17.2. The van der Waals surface area contributed by atoms with E-state index in [1.807, 2.05) is 48.5 Å². The van der Waals surface area contributed by atoms with Crippen LogP contribution >= 0.6 is 0 Å². The van der Waals surface area contributed by atoms with Crippen LogP contribution in [0.4, 0.5) is 0 Å². The summed E-state index contributed by atoms with van der Waals surface area (Å²) in [5.74, 6) is -0.958. The van der Waals surface area contributed by atoms with E-state index in [0.29, 0.717) is 18.8 Å². The van der Waals surface area contributed by atoms with Gasteiger partial charge in [0.2, 0.25) is 5.91 Å².